The number of non-ortho nitro benzene ring substituents is 1. The molecule has 9 heteroatoms. The molecule has 1 aromatic heterocycles. The Labute approximate surface area is 151 Å². The fourth-order valence-electron chi connectivity index (χ4n) is 2.05. The summed E-state index contributed by atoms with van der Waals surface area (Å²) in [7, 11) is 0. The third-order valence-electron chi connectivity index (χ3n) is 3.29. The molecule has 2 aromatic carbocycles. The minimum atomic E-state index is -0.495. The van der Waals surface area contributed by atoms with E-state index in [1.165, 1.54) is 18.2 Å². The van der Waals surface area contributed by atoms with Gasteiger partial charge < -0.3 is 9.73 Å². The summed E-state index contributed by atoms with van der Waals surface area (Å²) >= 11 is 6.93. The molecular weight excluding hydrogens is 366 g/mol. The first-order valence-electron chi connectivity index (χ1n) is 7.20. The Morgan fingerprint density at radius 2 is 2.04 bits per heavy atom. The molecule has 0 unspecified atom stereocenters. The van der Waals surface area contributed by atoms with Gasteiger partial charge in [0.1, 0.15) is 5.52 Å². The molecule has 3 rings (SSSR count). The lowest BCUT2D eigenvalue weighted by Gasteiger charge is -2.04. The molecule has 25 heavy (non-hydrogen) atoms. The molecule has 1 N–H and O–H groups in total. The molecule has 7 nitrogen and oxygen atoms in total. The Balaban J connectivity index is 1.55. The second kappa shape index (κ2) is 7.54. The van der Waals surface area contributed by atoms with E-state index < -0.39 is 4.92 Å². The molecule has 0 spiro atoms. The summed E-state index contributed by atoms with van der Waals surface area (Å²) in [4.78, 5) is 26.3. The number of fused-ring (bicyclic) bond motifs is 1. The molecule has 0 aliphatic rings. The first-order chi connectivity index (χ1) is 12.0. The first-order valence-corrected chi connectivity index (χ1v) is 8.56. The van der Waals surface area contributed by atoms with E-state index in [1.54, 1.807) is 12.1 Å². The van der Waals surface area contributed by atoms with E-state index in [4.69, 9.17) is 16.0 Å². The van der Waals surface area contributed by atoms with Gasteiger partial charge in [-0.05, 0) is 23.8 Å². The fraction of sp³-hybridized carbons (Fsp3) is 0.125. The molecule has 128 valence electrons. The van der Waals surface area contributed by atoms with E-state index in [0.717, 1.165) is 17.3 Å². The molecule has 0 atom stereocenters. The molecule has 0 saturated heterocycles. The summed E-state index contributed by atoms with van der Waals surface area (Å²) in [5, 5.41) is 14.5. The third kappa shape index (κ3) is 4.49. The van der Waals surface area contributed by atoms with Crippen LogP contribution in [0.15, 0.2) is 52.1 Å². The lowest BCUT2D eigenvalue weighted by molar-refractivity contribution is -0.384. The Kier molecular flexibility index (Phi) is 5.20. The monoisotopic (exact) mass is 377 g/mol. The fourth-order valence-corrected chi connectivity index (χ4v) is 2.85. The van der Waals surface area contributed by atoms with Crippen LogP contribution in [-0.2, 0) is 11.3 Å². The standard InChI is InChI=1S/C16H12ClN3O4S/c17-11-3-1-10(2-4-11)8-18-15(21)9-25-16-19-13-7-12(20(22)23)5-6-14(13)24-16/h1-7H,8-9H2,(H,18,21). The lowest BCUT2D eigenvalue weighted by Crippen LogP contribution is -2.24. The molecule has 0 saturated carbocycles. The van der Waals surface area contributed by atoms with E-state index >= 15 is 0 Å². The van der Waals surface area contributed by atoms with Crippen molar-refractivity contribution in [3.05, 3.63) is 63.2 Å². The number of benzene rings is 2. The molecule has 0 aliphatic heterocycles. The van der Waals surface area contributed by atoms with E-state index in [-0.39, 0.29) is 22.6 Å². The van der Waals surface area contributed by atoms with Crippen LogP contribution in [0.25, 0.3) is 11.1 Å². The van der Waals surface area contributed by atoms with Gasteiger partial charge in [0.05, 0.1) is 10.7 Å². The van der Waals surface area contributed by atoms with Crippen LogP contribution in [0.2, 0.25) is 5.02 Å². The summed E-state index contributed by atoms with van der Waals surface area (Å²) in [5.41, 5.74) is 1.71. The van der Waals surface area contributed by atoms with E-state index in [2.05, 4.69) is 10.3 Å². The number of nitro benzene ring substituents is 1. The summed E-state index contributed by atoms with van der Waals surface area (Å²) in [6, 6.07) is 11.4. The van der Waals surface area contributed by atoms with Gasteiger partial charge in [-0.25, -0.2) is 4.98 Å². The van der Waals surface area contributed by atoms with E-state index in [0.29, 0.717) is 22.7 Å². The molecule has 0 aliphatic carbocycles. The number of thioether (sulfide) groups is 1. The van der Waals surface area contributed by atoms with E-state index in [9.17, 15) is 14.9 Å². The van der Waals surface area contributed by atoms with Crippen LogP contribution in [0.4, 0.5) is 5.69 Å². The second-order valence-electron chi connectivity index (χ2n) is 5.08. The van der Waals surface area contributed by atoms with Crippen LogP contribution in [-0.4, -0.2) is 21.6 Å². The summed E-state index contributed by atoms with van der Waals surface area (Å²) in [6.45, 7) is 0.399. The van der Waals surface area contributed by atoms with Crippen LogP contribution >= 0.6 is 23.4 Å². The molecule has 3 aromatic rings. The Morgan fingerprint density at radius 1 is 1.28 bits per heavy atom. The number of nitrogens with zero attached hydrogens (tertiary/aromatic N) is 2. The van der Waals surface area contributed by atoms with Crippen molar-refractivity contribution >= 4 is 46.1 Å². The predicted molar refractivity (Wildman–Crippen MR) is 94.7 cm³/mol. The maximum absolute atomic E-state index is 11.9. The highest BCUT2D eigenvalue weighted by Crippen LogP contribution is 2.26. The van der Waals surface area contributed by atoms with Crippen LogP contribution in [0.1, 0.15) is 5.56 Å². The molecule has 0 bridgehead atoms. The average molecular weight is 378 g/mol. The van der Waals surface area contributed by atoms with Crippen molar-refractivity contribution in [3.8, 4) is 0 Å². The largest absolute Gasteiger partial charge is 0.431 e. The van der Waals surface area contributed by atoms with Crippen molar-refractivity contribution in [2.24, 2.45) is 0 Å². The lowest BCUT2D eigenvalue weighted by atomic mass is 10.2. The van der Waals surface area contributed by atoms with Gasteiger partial charge in [-0.15, -0.1) is 0 Å². The van der Waals surface area contributed by atoms with Gasteiger partial charge in [0.2, 0.25) is 5.91 Å². The van der Waals surface area contributed by atoms with Crippen molar-refractivity contribution in [1.82, 2.24) is 10.3 Å². The zero-order chi connectivity index (χ0) is 17.8. The van der Waals surface area contributed by atoms with Crippen molar-refractivity contribution in [1.29, 1.82) is 0 Å². The minimum Gasteiger partial charge on any atom is -0.431 e. The number of oxazole rings is 1. The number of nitro groups is 1. The van der Waals surface area contributed by atoms with Crippen molar-refractivity contribution < 1.29 is 14.1 Å². The van der Waals surface area contributed by atoms with Gasteiger partial charge in [0, 0.05) is 23.7 Å². The molecule has 1 amide bonds. The number of carbonyl (C=O) groups is 1. The molecular formula is C16H12ClN3O4S. The molecule has 0 radical (unpaired) electrons. The normalized spacial score (nSPS) is 10.8. The Morgan fingerprint density at radius 3 is 2.76 bits per heavy atom. The van der Waals surface area contributed by atoms with Crippen LogP contribution < -0.4 is 5.32 Å². The van der Waals surface area contributed by atoms with Gasteiger partial charge >= 0.3 is 0 Å². The first kappa shape index (κ1) is 17.2. The zero-order valence-corrected chi connectivity index (χ0v) is 14.3. The van der Waals surface area contributed by atoms with Gasteiger partial charge in [-0.1, -0.05) is 35.5 Å². The number of aromatic nitrogens is 1. The van der Waals surface area contributed by atoms with Crippen LogP contribution in [0, 0.1) is 10.1 Å². The van der Waals surface area contributed by atoms with Gasteiger partial charge in [-0.2, -0.15) is 0 Å². The smallest absolute Gasteiger partial charge is 0.271 e. The summed E-state index contributed by atoms with van der Waals surface area (Å²) in [5.74, 6) is -0.0455. The second-order valence-corrected chi connectivity index (χ2v) is 6.44. The number of amides is 1. The SMILES string of the molecule is O=C(CSc1nc2cc([N+](=O)[O-])ccc2o1)NCc1ccc(Cl)cc1. The number of carbonyl (C=O) groups excluding carboxylic acids is 1. The summed E-state index contributed by atoms with van der Waals surface area (Å²) < 4.78 is 5.46. The highest BCUT2D eigenvalue weighted by Gasteiger charge is 2.13. The Hall–Kier alpha value is -2.58. The van der Waals surface area contributed by atoms with Gasteiger partial charge in [0.15, 0.2) is 5.58 Å². The Bertz CT molecular complexity index is 927. The van der Waals surface area contributed by atoms with Crippen molar-refractivity contribution in [3.63, 3.8) is 0 Å². The van der Waals surface area contributed by atoms with Crippen LogP contribution in [0.3, 0.4) is 0 Å². The topological polar surface area (TPSA) is 98.3 Å². The quantitative estimate of drug-likeness (QED) is 0.398. The van der Waals surface area contributed by atoms with Crippen molar-refractivity contribution in [2.75, 3.05) is 5.75 Å². The minimum absolute atomic E-state index is 0.0574. The maximum atomic E-state index is 11.9. The zero-order valence-electron chi connectivity index (χ0n) is 12.8. The third-order valence-corrected chi connectivity index (χ3v) is 4.37. The highest BCUT2D eigenvalue weighted by molar-refractivity contribution is 7.99. The number of nitrogens with one attached hydrogen (secondary N) is 1. The van der Waals surface area contributed by atoms with Gasteiger partial charge in [0.25, 0.3) is 10.9 Å². The number of rotatable bonds is 6. The number of hydrogen-bond donors (Lipinski definition) is 1. The maximum Gasteiger partial charge on any atom is 0.271 e. The average Bonchev–Trinajstić information content (AvgIpc) is 3.01. The van der Waals surface area contributed by atoms with Gasteiger partial charge in [-0.3, -0.25) is 14.9 Å². The molecule has 1 heterocycles. The van der Waals surface area contributed by atoms with Crippen LogP contribution in [0.5, 0.6) is 0 Å². The summed E-state index contributed by atoms with van der Waals surface area (Å²) in [6.07, 6.45) is 0. The predicted octanol–water partition coefficient (Wildman–Crippen LogP) is 3.80. The molecule has 0 fully saturated rings. The highest BCUT2D eigenvalue weighted by atomic mass is 35.5. The number of hydrogen-bond acceptors (Lipinski definition) is 6. The van der Waals surface area contributed by atoms with Crippen molar-refractivity contribution in [2.45, 2.75) is 11.8 Å². The number of halogens is 1. The van der Waals surface area contributed by atoms with E-state index in [1.807, 2.05) is 12.1 Å².